The smallest absolute Gasteiger partial charge is 0.309 e. The number of esters is 1. The molecule has 0 bridgehead atoms. The Bertz CT molecular complexity index is 477. The van der Waals surface area contributed by atoms with Crippen molar-refractivity contribution < 1.29 is 24.2 Å². The van der Waals surface area contributed by atoms with Gasteiger partial charge in [-0.25, -0.2) is 0 Å². The lowest BCUT2D eigenvalue weighted by Gasteiger charge is -2.31. The monoisotopic (exact) mass is 280 g/mol. The van der Waals surface area contributed by atoms with Crippen LogP contribution in [0.2, 0.25) is 0 Å². The minimum Gasteiger partial charge on any atom is -0.461 e. The Morgan fingerprint density at radius 1 is 1.45 bits per heavy atom. The molecule has 1 fully saturated rings. The van der Waals surface area contributed by atoms with Gasteiger partial charge in [-0.2, -0.15) is 0 Å². The molecule has 1 aliphatic heterocycles. The predicted octanol–water partition coefficient (Wildman–Crippen LogP) is 1.04. The van der Waals surface area contributed by atoms with E-state index < -0.39 is 17.6 Å². The lowest BCUT2D eigenvalue weighted by atomic mass is 9.76. The fourth-order valence-electron chi connectivity index (χ4n) is 3.13. The Labute approximate surface area is 118 Å². The topological polar surface area (TPSA) is 80.7 Å². The van der Waals surface area contributed by atoms with Crippen molar-refractivity contribution in [3.63, 3.8) is 0 Å². The van der Waals surface area contributed by atoms with Gasteiger partial charge in [-0.1, -0.05) is 6.92 Å². The van der Waals surface area contributed by atoms with Gasteiger partial charge in [0.15, 0.2) is 5.78 Å². The van der Waals surface area contributed by atoms with Crippen LogP contribution in [0.25, 0.3) is 0 Å². The van der Waals surface area contributed by atoms with Crippen molar-refractivity contribution in [3.8, 4) is 0 Å². The molecule has 2 aliphatic rings. The Hall–Kier alpha value is -1.49. The van der Waals surface area contributed by atoms with E-state index in [-0.39, 0.29) is 29.4 Å². The molecule has 0 aromatic carbocycles. The molecule has 20 heavy (non-hydrogen) atoms. The number of hydrogen-bond donors (Lipinski definition) is 1. The van der Waals surface area contributed by atoms with Crippen LogP contribution in [0.1, 0.15) is 33.6 Å². The van der Waals surface area contributed by atoms with Crippen molar-refractivity contribution in [2.24, 2.45) is 17.8 Å². The summed E-state index contributed by atoms with van der Waals surface area (Å²) in [5.41, 5.74) is -1.30. The number of aliphatic hydroxyl groups is 1. The third kappa shape index (κ3) is 2.54. The van der Waals surface area contributed by atoms with Gasteiger partial charge in [0.25, 0.3) is 0 Å². The third-order valence-electron chi connectivity index (χ3n) is 4.37. The number of carbonyl (C=O) groups excluding carboxylic acids is 3. The molecule has 0 spiro atoms. The van der Waals surface area contributed by atoms with Crippen molar-refractivity contribution in [3.05, 3.63) is 12.2 Å². The molecular formula is C15H20O5. The molecule has 110 valence electrons. The molecule has 0 saturated carbocycles. The molecule has 5 nitrogen and oxygen atoms in total. The van der Waals surface area contributed by atoms with Crippen LogP contribution in [0.5, 0.6) is 0 Å². The van der Waals surface area contributed by atoms with Crippen LogP contribution in [0.4, 0.5) is 0 Å². The fourth-order valence-corrected chi connectivity index (χ4v) is 3.13. The summed E-state index contributed by atoms with van der Waals surface area (Å²) in [6, 6.07) is 0. The summed E-state index contributed by atoms with van der Waals surface area (Å²) in [6.07, 6.45) is 2.96. The zero-order valence-corrected chi connectivity index (χ0v) is 12.0. The van der Waals surface area contributed by atoms with Crippen molar-refractivity contribution in [1.82, 2.24) is 0 Å². The number of allylic oxidation sites excluding steroid dienone is 1. The van der Waals surface area contributed by atoms with Crippen molar-refractivity contribution in [2.75, 3.05) is 0 Å². The van der Waals surface area contributed by atoms with Crippen molar-refractivity contribution in [1.29, 1.82) is 0 Å². The zero-order chi connectivity index (χ0) is 15.1. The molecule has 0 aromatic heterocycles. The van der Waals surface area contributed by atoms with Gasteiger partial charge in [0.05, 0.1) is 17.4 Å². The van der Waals surface area contributed by atoms with Gasteiger partial charge in [0.1, 0.15) is 11.9 Å². The maximum atomic E-state index is 12.0. The summed E-state index contributed by atoms with van der Waals surface area (Å²) in [6.45, 7) is 4.78. The van der Waals surface area contributed by atoms with Crippen LogP contribution < -0.4 is 0 Å². The molecule has 1 aliphatic carbocycles. The summed E-state index contributed by atoms with van der Waals surface area (Å²) in [5.74, 6) is -1.89. The lowest BCUT2D eigenvalue weighted by molar-refractivity contribution is -0.150. The van der Waals surface area contributed by atoms with Gasteiger partial charge in [0.2, 0.25) is 0 Å². The van der Waals surface area contributed by atoms with E-state index in [2.05, 4.69) is 0 Å². The molecule has 5 heteroatoms. The maximum absolute atomic E-state index is 12.0. The van der Waals surface area contributed by atoms with E-state index in [9.17, 15) is 19.5 Å². The Morgan fingerprint density at radius 2 is 2.10 bits per heavy atom. The van der Waals surface area contributed by atoms with Gasteiger partial charge in [0, 0.05) is 12.3 Å². The van der Waals surface area contributed by atoms with E-state index >= 15 is 0 Å². The molecule has 1 saturated heterocycles. The van der Waals surface area contributed by atoms with Crippen LogP contribution in [-0.2, 0) is 19.1 Å². The van der Waals surface area contributed by atoms with E-state index in [0.717, 1.165) is 0 Å². The van der Waals surface area contributed by atoms with Gasteiger partial charge >= 0.3 is 5.97 Å². The quantitative estimate of drug-likeness (QED) is 0.778. The second kappa shape index (κ2) is 5.13. The average molecular weight is 280 g/mol. The Balaban J connectivity index is 2.22. The molecule has 2 rings (SSSR count). The van der Waals surface area contributed by atoms with Gasteiger partial charge < -0.3 is 14.6 Å². The first-order valence-electron chi connectivity index (χ1n) is 6.89. The zero-order valence-electron chi connectivity index (χ0n) is 12.0. The van der Waals surface area contributed by atoms with Crippen LogP contribution in [0, 0.1) is 17.8 Å². The number of ketones is 2. The molecule has 5 atom stereocenters. The highest BCUT2D eigenvalue weighted by molar-refractivity contribution is 5.97. The van der Waals surface area contributed by atoms with Gasteiger partial charge in [-0.3, -0.25) is 9.59 Å². The Kier molecular flexibility index (Phi) is 3.82. The first kappa shape index (κ1) is 14.9. The summed E-state index contributed by atoms with van der Waals surface area (Å²) >= 11 is 0. The number of cyclic esters (lactones) is 1. The normalized spacial score (nSPS) is 40.2. The number of rotatable bonds is 4. The molecule has 0 aromatic rings. The fraction of sp³-hybridized carbons (Fsp3) is 0.667. The molecule has 0 amide bonds. The molecule has 1 N–H and O–H groups in total. The predicted molar refractivity (Wildman–Crippen MR) is 70.7 cm³/mol. The minimum absolute atomic E-state index is 0.0398. The van der Waals surface area contributed by atoms with Crippen LogP contribution in [0.3, 0.4) is 0 Å². The standard InChI is InChI=1S/C15H20O5/c1-8(16)4-5-10-9(2)14(18)20-13(10)12-11(17)6-7-15(12,3)19/h6-7,9-10,12-13,19H,4-5H2,1-3H3/t9-,10-,12+,13+,15-/m1/s1. The summed E-state index contributed by atoms with van der Waals surface area (Å²) in [4.78, 5) is 34.9. The summed E-state index contributed by atoms with van der Waals surface area (Å²) in [7, 11) is 0. The Morgan fingerprint density at radius 3 is 2.60 bits per heavy atom. The van der Waals surface area contributed by atoms with E-state index in [1.165, 1.54) is 26.0 Å². The van der Waals surface area contributed by atoms with Crippen molar-refractivity contribution >= 4 is 17.5 Å². The first-order chi connectivity index (χ1) is 9.24. The molecule has 0 radical (unpaired) electrons. The number of ether oxygens (including phenoxy) is 1. The van der Waals surface area contributed by atoms with Crippen molar-refractivity contribution in [2.45, 2.75) is 45.3 Å². The van der Waals surface area contributed by atoms with Gasteiger partial charge in [-0.05, 0) is 32.4 Å². The van der Waals surface area contributed by atoms with E-state index in [1.807, 2.05) is 0 Å². The number of hydrogen-bond acceptors (Lipinski definition) is 5. The highest BCUT2D eigenvalue weighted by atomic mass is 16.6. The highest BCUT2D eigenvalue weighted by Crippen LogP contribution is 2.42. The van der Waals surface area contributed by atoms with E-state index in [0.29, 0.717) is 12.8 Å². The van der Waals surface area contributed by atoms with E-state index in [4.69, 9.17) is 4.74 Å². The first-order valence-corrected chi connectivity index (χ1v) is 6.89. The van der Waals surface area contributed by atoms with Crippen LogP contribution in [-0.4, -0.2) is 34.3 Å². The molecular weight excluding hydrogens is 260 g/mol. The van der Waals surface area contributed by atoms with E-state index in [1.54, 1.807) is 6.92 Å². The average Bonchev–Trinajstić information content (AvgIpc) is 2.75. The number of Topliss-reactive ketones (excluding diaryl/α,β-unsaturated/α-hetero) is 1. The summed E-state index contributed by atoms with van der Waals surface area (Å²) in [5, 5.41) is 10.3. The van der Waals surface area contributed by atoms with Gasteiger partial charge in [-0.15, -0.1) is 0 Å². The van der Waals surface area contributed by atoms with Crippen LogP contribution in [0.15, 0.2) is 12.2 Å². The highest BCUT2D eigenvalue weighted by Gasteiger charge is 2.54. The summed E-state index contributed by atoms with van der Waals surface area (Å²) < 4.78 is 5.34. The second-order valence-electron chi connectivity index (χ2n) is 6.03. The largest absolute Gasteiger partial charge is 0.461 e. The third-order valence-corrected chi connectivity index (χ3v) is 4.37. The minimum atomic E-state index is -1.30. The SMILES string of the molecule is CC(=O)CC[C@H]1[C@@H]([C@@H]2C(=O)C=C[C@@]2(C)O)OC(=O)[C@@H]1C. The molecule has 0 unspecified atom stereocenters. The van der Waals surface area contributed by atoms with Crippen LogP contribution >= 0.6 is 0 Å². The maximum Gasteiger partial charge on any atom is 0.309 e. The lowest BCUT2D eigenvalue weighted by Crippen LogP contribution is -2.44. The molecule has 1 heterocycles. The number of carbonyl (C=O) groups is 3. The second-order valence-corrected chi connectivity index (χ2v) is 6.03.